The lowest BCUT2D eigenvalue weighted by molar-refractivity contribution is -0.143. The molecule has 0 bridgehead atoms. The molecule has 0 saturated carbocycles. The summed E-state index contributed by atoms with van der Waals surface area (Å²) in [5.41, 5.74) is 16.4. The van der Waals surface area contributed by atoms with E-state index in [4.69, 9.17) is 17.2 Å². The molecular formula is C20H28N6O7S. The van der Waals surface area contributed by atoms with E-state index in [9.17, 15) is 33.9 Å². The van der Waals surface area contributed by atoms with Crippen LogP contribution in [0.3, 0.4) is 0 Å². The van der Waals surface area contributed by atoms with Crippen molar-refractivity contribution in [1.29, 1.82) is 0 Å². The number of hydrogen-bond acceptors (Lipinski definition) is 8. The summed E-state index contributed by atoms with van der Waals surface area (Å²) >= 11 is 3.90. The lowest BCUT2D eigenvalue weighted by Gasteiger charge is -2.24. The first-order chi connectivity index (χ1) is 15.9. The highest BCUT2D eigenvalue weighted by atomic mass is 32.1. The number of primary amides is 2. The Kier molecular flexibility index (Phi) is 11.5. The number of amides is 5. The Morgan fingerprint density at radius 1 is 0.794 bits per heavy atom. The first-order valence-electron chi connectivity index (χ1n) is 10.1. The molecule has 1 aromatic rings. The first-order valence-corrected chi connectivity index (χ1v) is 10.7. The van der Waals surface area contributed by atoms with E-state index in [1.165, 1.54) is 0 Å². The smallest absolute Gasteiger partial charge is 0.326 e. The fourth-order valence-electron chi connectivity index (χ4n) is 2.78. The molecule has 0 aliphatic carbocycles. The summed E-state index contributed by atoms with van der Waals surface area (Å²) in [6, 6.07) is 2.95. The van der Waals surface area contributed by atoms with Gasteiger partial charge in [-0.15, -0.1) is 0 Å². The second-order valence-electron chi connectivity index (χ2n) is 7.34. The summed E-state index contributed by atoms with van der Waals surface area (Å²) in [5, 5.41) is 16.1. The number of benzene rings is 1. The van der Waals surface area contributed by atoms with Crippen LogP contribution in [0.15, 0.2) is 30.3 Å². The minimum Gasteiger partial charge on any atom is -0.480 e. The Balaban J connectivity index is 3.13. The van der Waals surface area contributed by atoms with Crippen LogP contribution in [-0.2, 0) is 35.2 Å². The van der Waals surface area contributed by atoms with Crippen molar-refractivity contribution in [1.82, 2.24) is 16.0 Å². The van der Waals surface area contributed by atoms with E-state index in [0.717, 1.165) is 0 Å². The molecule has 34 heavy (non-hydrogen) atoms. The maximum Gasteiger partial charge on any atom is 0.326 e. The van der Waals surface area contributed by atoms with Gasteiger partial charge in [0.15, 0.2) is 0 Å². The van der Waals surface area contributed by atoms with Crippen LogP contribution in [0.25, 0.3) is 0 Å². The van der Waals surface area contributed by atoms with Crippen molar-refractivity contribution >= 4 is 48.1 Å². The van der Waals surface area contributed by atoms with Gasteiger partial charge < -0.3 is 38.3 Å². The highest BCUT2D eigenvalue weighted by Gasteiger charge is 2.31. The Labute approximate surface area is 200 Å². The van der Waals surface area contributed by atoms with Gasteiger partial charge in [-0.1, -0.05) is 30.3 Å². The van der Waals surface area contributed by atoms with Gasteiger partial charge in [0.05, 0.1) is 18.9 Å². The minimum atomic E-state index is -1.63. The molecule has 5 amide bonds. The van der Waals surface area contributed by atoms with Crippen molar-refractivity contribution in [2.24, 2.45) is 17.2 Å². The molecule has 4 atom stereocenters. The van der Waals surface area contributed by atoms with E-state index >= 15 is 0 Å². The standard InChI is InChI=1S/C20H28N6O7S/c21-11(9-34)17(29)24-13(7-15(22)27)19(31)25-12(6-10-4-2-1-3-5-10)18(30)26-14(20(32)33)8-16(23)28/h1-5,11-14,34H,6-9,21H2,(H2,22,27)(H2,23,28)(H,24,29)(H,25,31)(H,26,30)(H,32,33). The Bertz CT molecular complexity index is 914. The number of hydrogen-bond donors (Lipinski definition) is 8. The van der Waals surface area contributed by atoms with E-state index in [1.807, 2.05) is 0 Å². The second kappa shape index (κ2) is 13.8. The van der Waals surface area contributed by atoms with E-state index in [1.54, 1.807) is 30.3 Å². The molecule has 0 aliphatic rings. The normalized spacial score (nSPS) is 14.1. The zero-order valence-corrected chi connectivity index (χ0v) is 19.0. The van der Waals surface area contributed by atoms with Crippen molar-refractivity contribution < 1.29 is 33.9 Å². The molecule has 1 rings (SSSR count). The van der Waals surface area contributed by atoms with Crippen LogP contribution in [-0.4, -0.2) is 70.5 Å². The number of carbonyl (C=O) groups is 6. The number of nitrogens with two attached hydrogens (primary N) is 3. The summed E-state index contributed by atoms with van der Waals surface area (Å²) in [4.78, 5) is 71.8. The van der Waals surface area contributed by atoms with Gasteiger partial charge in [-0.2, -0.15) is 12.6 Å². The predicted molar refractivity (Wildman–Crippen MR) is 123 cm³/mol. The molecule has 0 saturated heterocycles. The largest absolute Gasteiger partial charge is 0.480 e. The Hall–Kier alpha value is -3.65. The van der Waals surface area contributed by atoms with Crippen molar-refractivity contribution in [3.63, 3.8) is 0 Å². The Morgan fingerprint density at radius 3 is 1.76 bits per heavy atom. The van der Waals surface area contributed by atoms with Crippen molar-refractivity contribution in [3.8, 4) is 0 Å². The van der Waals surface area contributed by atoms with Crippen LogP contribution in [0.1, 0.15) is 18.4 Å². The average molecular weight is 497 g/mol. The molecule has 0 spiro atoms. The van der Waals surface area contributed by atoms with Crippen LogP contribution < -0.4 is 33.2 Å². The number of thiol groups is 1. The van der Waals surface area contributed by atoms with Gasteiger partial charge in [-0.25, -0.2) is 4.79 Å². The summed E-state index contributed by atoms with van der Waals surface area (Å²) in [6.07, 6.45) is -1.33. The summed E-state index contributed by atoms with van der Waals surface area (Å²) in [5.74, 6) is -6.04. The molecule has 0 aliphatic heterocycles. The number of carbonyl (C=O) groups excluding carboxylic acids is 5. The summed E-state index contributed by atoms with van der Waals surface area (Å²) in [7, 11) is 0. The van der Waals surface area contributed by atoms with Gasteiger partial charge in [-0.05, 0) is 5.56 Å². The van der Waals surface area contributed by atoms with Gasteiger partial charge in [-0.3, -0.25) is 24.0 Å². The van der Waals surface area contributed by atoms with Crippen molar-refractivity contribution in [2.45, 2.75) is 43.4 Å². The second-order valence-corrected chi connectivity index (χ2v) is 7.71. The molecule has 13 nitrogen and oxygen atoms in total. The van der Waals surface area contributed by atoms with Gasteiger partial charge in [0.25, 0.3) is 0 Å². The number of nitrogens with one attached hydrogen (secondary N) is 3. The third kappa shape index (κ3) is 9.87. The highest BCUT2D eigenvalue weighted by Crippen LogP contribution is 2.06. The van der Waals surface area contributed by atoms with E-state index in [-0.39, 0.29) is 12.2 Å². The van der Waals surface area contributed by atoms with Crippen LogP contribution in [0.4, 0.5) is 0 Å². The fraction of sp³-hybridized carbons (Fsp3) is 0.400. The van der Waals surface area contributed by atoms with Gasteiger partial charge in [0, 0.05) is 12.2 Å². The number of aliphatic carboxylic acids is 1. The minimum absolute atomic E-state index is 0.0355. The third-order valence-corrected chi connectivity index (χ3v) is 4.90. The molecule has 1 aromatic carbocycles. The fourth-order valence-corrected chi connectivity index (χ4v) is 2.94. The van der Waals surface area contributed by atoms with Gasteiger partial charge in [0.1, 0.15) is 18.1 Å². The maximum atomic E-state index is 12.9. The molecule has 10 N–H and O–H groups in total. The lowest BCUT2D eigenvalue weighted by Crippen LogP contribution is -2.58. The molecular weight excluding hydrogens is 468 g/mol. The van der Waals surface area contributed by atoms with Crippen LogP contribution >= 0.6 is 12.6 Å². The number of carboxylic acids is 1. The topological polar surface area (TPSA) is 237 Å². The van der Waals surface area contributed by atoms with Crippen LogP contribution in [0.5, 0.6) is 0 Å². The molecule has 14 heteroatoms. The van der Waals surface area contributed by atoms with Crippen molar-refractivity contribution in [2.75, 3.05) is 5.75 Å². The predicted octanol–water partition coefficient (Wildman–Crippen LogP) is -3.22. The molecule has 4 unspecified atom stereocenters. The summed E-state index contributed by atoms with van der Waals surface area (Å²) < 4.78 is 0. The number of rotatable bonds is 14. The quantitative estimate of drug-likeness (QED) is 0.122. The van der Waals surface area contributed by atoms with E-state index < -0.39 is 72.5 Å². The maximum absolute atomic E-state index is 12.9. The van der Waals surface area contributed by atoms with Crippen molar-refractivity contribution in [3.05, 3.63) is 35.9 Å². The lowest BCUT2D eigenvalue weighted by atomic mass is 10.0. The number of carboxylic acid groups (broad SMARTS) is 1. The van der Waals surface area contributed by atoms with Crippen LogP contribution in [0.2, 0.25) is 0 Å². The SMILES string of the molecule is NC(=O)CC(NC(=O)C(Cc1ccccc1)NC(=O)C(CC(N)=O)NC(=O)C(N)CS)C(=O)O. The molecule has 186 valence electrons. The molecule has 0 radical (unpaired) electrons. The molecule has 0 fully saturated rings. The van der Waals surface area contributed by atoms with Gasteiger partial charge >= 0.3 is 5.97 Å². The molecule has 0 aromatic heterocycles. The average Bonchev–Trinajstić information content (AvgIpc) is 2.76. The first kappa shape index (κ1) is 28.4. The monoisotopic (exact) mass is 496 g/mol. The van der Waals surface area contributed by atoms with E-state index in [0.29, 0.717) is 5.56 Å². The molecule has 0 heterocycles. The third-order valence-electron chi connectivity index (χ3n) is 4.51. The zero-order chi connectivity index (χ0) is 25.8. The summed E-state index contributed by atoms with van der Waals surface area (Å²) in [6.45, 7) is 0. The van der Waals surface area contributed by atoms with Crippen LogP contribution in [0, 0.1) is 0 Å². The van der Waals surface area contributed by atoms with Gasteiger partial charge in [0.2, 0.25) is 29.5 Å². The highest BCUT2D eigenvalue weighted by molar-refractivity contribution is 7.80. The Morgan fingerprint density at radius 2 is 1.26 bits per heavy atom. The van der Waals surface area contributed by atoms with E-state index in [2.05, 4.69) is 28.6 Å². The zero-order valence-electron chi connectivity index (χ0n) is 18.1.